The molecule has 0 heterocycles. The third kappa shape index (κ3) is 3.08. The quantitative estimate of drug-likeness (QED) is 0.757. The highest BCUT2D eigenvalue weighted by molar-refractivity contribution is 5.19. The van der Waals surface area contributed by atoms with Crippen LogP contribution in [0.1, 0.15) is 57.1 Å². The molecule has 0 aromatic heterocycles. The highest BCUT2D eigenvalue weighted by Gasteiger charge is 2.21. The highest BCUT2D eigenvalue weighted by atomic mass is 15.0. The van der Waals surface area contributed by atoms with Gasteiger partial charge in [-0.25, -0.2) is 0 Å². The van der Waals surface area contributed by atoms with Gasteiger partial charge in [0.1, 0.15) is 0 Å². The summed E-state index contributed by atoms with van der Waals surface area (Å²) in [5, 5.41) is 3.80. The van der Waals surface area contributed by atoms with Gasteiger partial charge in [0.05, 0.1) is 0 Å². The molecule has 1 aromatic rings. The van der Waals surface area contributed by atoms with Crippen LogP contribution in [-0.4, -0.2) is 6.04 Å². The van der Waals surface area contributed by atoms with Gasteiger partial charge in [-0.05, 0) is 24.8 Å². The molecule has 0 saturated heterocycles. The van der Waals surface area contributed by atoms with Gasteiger partial charge >= 0.3 is 0 Å². The summed E-state index contributed by atoms with van der Waals surface area (Å²) in [4.78, 5) is 0. The molecule has 0 spiro atoms. The molecule has 1 aliphatic carbocycles. The lowest BCUT2D eigenvalue weighted by molar-refractivity contribution is 0.295. The van der Waals surface area contributed by atoms with Gasteiger partial charge in [0, 0.05) is 12.1 Å². The van der Waals surface area contributed by atoms with Gasteiger partial charge in [0.25, 0.3) is 0 Å². The SMILES string of the molecule is CCCCC(NC1CCC1)c1ccccc1. The lowest BCUT2D eigenvalue weighted by Crippen LogP contribution is -2.37. The van der Waals surface area contributed by atoms with Gasteiger partial charge in [0.2, 0.25) is 0 Å². The first-order chi connectivity index (χ1) is 7.90. The van der Waals surface area contributed by atoms with E-state index in [0.717, 1.165) is 6.04 Å². The Hall–Kier alpha value is -0.820. The third-order valence-electron chi connectivity index (χ3n) is 3.59. The second-order valence-corrected chi connectivity index (χ2v) is 4.90. The topological polar surface area (TPSA) is 12.0 Å². The van der Waals surface area contributed by atoms with E-state index in [1.807, 2.05) is 0 Å². The highest BCUT2D eigenvalue weighted by Crippen LogP contribution is 2.25. The molecule has 1 saturated carbocycles. The van der Waals surface area contributed by atoms with Crippen LogP contribution < -0.4 is 5.32 Å². The maximum atomic E-state index is 3.80. The van der Waals surface area contributed by atoms with Crippen LogP contribution in [0.15, 0.2) is 30.3 Å². The van der Waals surface area contributed by atoms with Crippen LogP contribution in [-0.2, 0) is 0 Å². The van der Waals surface area contributed by atoms with Gasteiger partial charge in [-0.3, -0.25) is 0 Å². The molecule has 0 radical (unpaired) electrons. The summed E-state index contributed by atoms with van der Waals surface area (Å²) in [6.45, 7) is 2.27. The molecular weight excluding hydrogens is 194 g/mol. The second kappa shape index (κ2) is 6.05. The van der Waals surface area contributed by atoms with Crippen LogP contribution in [0, 0.1) is 0 Å². The molecular formula is C15H23N. The van der Waals surface area contributed by atoms with E-state index in [1.54, 1.807) is 0 Å². The van der Waals surface area contributed by atoms with E-state index < -0.39 is 0 Å². The van der Waals surface area contributed by atoms with Crippen molar-refractivity contribution in [2.75, 3.05) is 0 Å². The number of unbranched alkanes of at least 4 members (excludes halogenated alkanes) is 1. The largest absolute Gasteiger partial charge is 0.307 e. The standard InChI is InChI=1S/C15H23N/c1-2-3-12-15(16-14-10-7-11-14)13-8-5-4-6-9-13/h4-6,8-9,14-16H,2-3,7,10-12H2,1H3. The average Bonchev–Trinajstić information content (AvgIpc) is 2.28. The molecule has 1 atom stereocenters. The van der Waals surface area contributed by atoms with Crippen molar-refractivity contribution in [1.82, 2.24) is 5.32 Å². The Balaban J connectivity index is 1.95. The molecule has 0 amide bonds. The van der Waals surface area contributed by atoms with E-state index in [0.29, 0.717) is 6.04 Å². The number of hydrogen-bond donors (Lipinski definition) is 1. The molecule has 0 bridgehead atoms. The fourth-order valence-electron chi connectivity index (χ4n) is 2.30. The molecule has 2 rings (SSSR count). The Kier molecular flexibility index (Phi) is 4.41. The van der Waals surface area contributed by atoms with Gasteiger partial charge in [-0.15, -0.1) is 0 Å². The fraction of sp³-hybridized carbons (Fsp3) is 0.600. The van der Waals surface area contributed by atoms with Crippen molar-refractivity contribution < 1.29 is 0 Å². The molecule has 1 N–H and O–H groups in total. The van der Waals surface area contributed by atoms with Gasteiger partial charge in [-0.1, -0.05) is 56.5 Å². The molecule has 16 heavy (non-hydrogen) atoms. The zero-order valence-corrected chi connectivity index (χ0v) is 10.3. The monoisotopic (exact) mass is 217 g/mol. The van der Waals surface area contributed by atoms with Crippen molar-refractivity contribution in [2.24, 2.45) is 0 Å². The minimum absolute atomic E-state index is 0.575. The Morgan fingerprint density at radius 1 is 1.25 bits per heavy atom. The van der Waals surface area contributed by atoms with Gasteiger partial charge in [-0.2, -0.15) is 0 Å². The van der Waals surface area contributed by atoms with E-state index in [1.165, 1.54) is 44.1 Å². The molecule has 1 unspecified atom stereocenters. The molecule has 1 nitrogen and oxygen atoms in total. The summed E-state index contributed by atoms with van der Waals surface area (Å²) < 4.78 is 0. The molecule has 0 aliphatic heterocycles. The zero-order valence-electron chi connectivity index (χ0n) is 10.3. The van der Waals surface area contributed by atoms with Crippen LogP contribution in [0.2, 0.25) is 0 Å². The van der Waals surface area contributed by atoms with E-state index in [4.69, 9.17) is 0 Å². The molecule has 1 aromatic carbocycles. The number of nitrogens with one attached hydrogen (secondary N) is 1. The van der Waals surface area contributed by atoms with Gasteiger partial charge < -0.3 is 5.32 Å². The predicted octanol–water partition coefficient (Wildman–Crippen LogP) is 4.06. The van der Waals surface area contributed by atoms with Crippen molar-refractivity contribution in [3.05, 3.63) is 35.9 Å². The summed E-state index contributed by atoms with van der Waals surface area (Å²) in [7, 11) is 0. The second-order valence-electron chi connectivity index (χ2n) is 4.90. The third-order valence-corrected chi connectivity index (χ3v) is 3.59. The number of hydrogen-bond acceptors (Lipinski definition) is 1. The lowest BCUT2D eigenvalue weighted by atomic mass is 9.90. The summed E-state index contributed by atoms with van der Waals surface area (Å²) in [5.41, 5.74) is 1.46. The Morgan fingerprint density at radius 2 is 2.00 bits per heavy atom. The van der Waals surface area contributed by atoms with Crippen LogP contribution in [0.5, 0.6) is 0 Å². The molecule has 88 valence electrons. The zero-order chi connectivity index (χ0) is 11.2. The van der Waals surface area contributed by atoms with E-state index in [2.05, 4.69) is 42.6 Å². The number of benzene rings is 1. The maximum absolute atomic E-state index is 3.80. The maximum Gasteiger partial charge on any atom is 0.0322 e. The minimum Gasteiger partial charge on any atom is -0.307 e. The molecule has 1 aliphatic rings. The summed E-state index contributed by atoms with van der Waals surface area (Å²) in [6, 6.07) is 12.3. The van der Waals surface area contributed by atoms with Crippen LogP contribution in [0.25, 0.3) is 0 Å². The van der Waals surface area contributed by atoms with Crippen molar-refractivity contribution in [2.45, 2.75) is 57.5 Å². The van der Waals surface area contributed by atoms with Crippen LogP contribution >= 0.6 is 0 Å². The van der Waals surface area contributed by atoms with Gasteiger partial charge in [0.15, 0.2) is 0 Å². The van der Waals surface area contributed by atoms with Crippen molar-refractivity contribution >= 4 is 0 Å². The number of rotatable bonds is 6. The predicted molar refractivity (Wildman–Crippen MR) is 69.5 cm³/mol. The fourth-order valence-corrected chi connectivity index (χ4v) is 2.30. The lowest BCUT2D eigenvalue weighted by Gasteiger charge is -2.32. The smallest absolute Gasteiger partial charge is 0.0322 e. The van der Waals surface area contributed by atoms with Crippen LogP contribution in [0.3, 0.4) is 0 Å². The van der Waals surface area contributed by atoms with E-state index in [9.17, 15) is 0 Å². The summed E-state index contributed by atoms with van der Waals surface area (Å²) >= 11 is 0. The summed E-state index contributed by atoms with van der Waals surface area (Å²) in [5.74, 6) is 0. The first-order valence-electron chi connectivity index (χ1n) is 6.71. The Labute approximate surface area is 99.3 Å². The summed E-state index contributed by atoms with van der Waals surface area (Å²) in [6.07, 6.45) is 8.03. The Morgan fingerprint density at radius 3 is 2.56 bits per heavy atom. The first-order valence-corrected chi connectivity index (χ1v) is 6.71. The van der Waals surface area contributed by atoms with Crippen molar-refractivity contribution in [3.63, 3.8) is 0 Å². The normalized spacial score (nSPS) is 18.1. The van der Waals surface area contributed by atoms with Crippen LogP contribution in [0.4, 0.5) is 0 Å². The van der Waals surface area contributed by atoms with Crippen molar-refractivity contribution in [1.29, 1.82) is 0 Å². The molecule has 1 fully saturated rings. The minimum atomic E-state index is 0.575. The molecule has 1 heteroatoms. The average molecular weight is 217 g/mol. The van der Waals surface area contributed by atoms with Crippen molar-refractivity contribution in [3.8, 4) is 0 Å². The van der Waals surface area contributed by atoms with E-state index in [-0.39, 0.29) is 0 Å². The Bertz CT molecular complexity index is 290. The first kappa shape index (κ1) is 11.7. The van der Waals surface area contributed by atoms with E-state index >= 15 is 0 Å².